The first kappa shape index (κ1) is 23.5. The molecule has 158 valence electrons. The van der Waals surface area contributed by atoms with E-state index in [1.165, 1.54) is 10.9 Å². The Balaban J connectivity index is 0.000000537. The summed E-state index contributed by atoms with van der Waals surface area (Å²) in [5, 5.41) is 21.6. The summed E-state index contributed by atoms with van der Waals surface area (Å²) in [6.07, 6.45) is 2.84. The van der Waals surface area contributed by atoms with Crippen LogP contribution in [0.3, 0.4) is 0 Å². The van der Waals surface area contributed by atoms with Gasteiger partial charge in [-0.2, -0.15) is 0 Å². The average molecular weight is 489 g/mol. The van der Waals surface area contributed by atoms with Gasteiger partial charge in [-0.25, -0.2) is 4.98 Å². The van der Waals surface area contributed by atoms with Crippen molar-refractivity contribution in [3.63, 3.8) is 0 Å². The van der Waals surface area contributed by atoms with Crippen LogP contribution >= 0.6 is 27.5 Å². The number of nitrogens with one attached hydrogen (secondary N) is 1. The first-order valence-corrected chi connectivity index (χ1v) is 10.4. The predicted molar refractivity (Wildman–Crippen MR) is 113 cm³/mol. The molecule has 2 aromatic rings. The Morgan fingerprint density at radius 3 is 2.72 bits per heavy atom. The number of benzene rings is 1. The molecule has 0 bridgehead atoms. The lowest BCUT2D eigenvalue weighted by atomic mass is 9.97. The van der Waals surface area contributed by atoms with Gasteiger partial charge in [-0.15, -0.1) is 0 Å². The Morgan fingerprint density at radius 2 is 2.10 bits per heavy atom. The number of Topliss-reactive ketones (excluding diaryl/α,β-unsaturated/α-hetero) is 1. The number of hydrogen-bond donors (Lipinski definition) is 3. The molecule has 2 heterocycles. The largest absolute Gasteiger partial charge is 0.481 e. The molecule has 2 atom stereocenters. The van der Waals surface area contributed by atoms with E-state index in [0.717, 1.165) is 13.0 Å². The number of aliphatic carboxylic acids is 1. The molecule has 3 N–H and O–H groups in total. The van der Waals surface area contributed by atoms with E-state index in [1.54, 1.807) is 19.1 Å². The fourth-order valence-electron chi connectivity index (χ4n) is 2.91. The summed E-state index contributed by atoms with van der Waals surface area (Å²) in [6, 6.07) is 2.97. The van der Waals surface area contributed by atoms with Crippen LogP contribution in [0.4, 0.5) is 0 Å². The van der Waals surface area contributed by atoms with Crippen LogP contribution in [0.1, 0.15) is 32.6 Å². The molecular formula is C19H23BrClN3O5. The van der Waals surface area contributed by atoms with Gasteiger partial charge in [0.05, 0.1) is 34.9 Å². The maximum absolute atomic E-state index is 12.5. The van der Waals surface area contributed by atoms with Crippen molar-refractivity contribution in [2.75, 3.05) is 6.54 Å². The number of rotatable bonds is 5. The van der Waals surface area contributed by atoms with Crippen molar-refractivity contribution in [1.82, 2.24) is 14.9 Å². The summed E-state index contributed by atoms with van der Waals surface area (Å²) >= 11 is 9.33. The second-order valence-electron chi connectivity index (χ2n) is 6.72. The van der Waals surface area contributed by atoms with E-state index in [4.69, 9.17) is 16.7 Å². The maximum atomic E-state index is 12.5. The SMILES string of the molecule is CCC(=O)O.O=C(C[C@H]1NCCC[C@@H]1O)Cn1cnc2cc(Br)c(Cl)cc2c1=O. The van der Waals surface area contributed by atoms with Gasteiger partial charge < -0.3 is 15.5 Å². The van der Waals surface area contributed by atoms with E-state index in [1.807, 2.05) is 0 Å². The molecule has 10 heteroatoms. The van der Waals surface area contributed by atoms with E-state index in [0.29, 0.717) is 26.8 Å². The monoisotopic (exact) mass is 487 g/mol. The number of nitrogens with zero attached hydrogens (tertiary/aromatic N) is 2. The van der Waals surface area contributed by atoms with E-state index in [9.17, 15) is 19.5 Å². The zero-order valence-corrected chi connectivity index (χ0v) is 18.2. The minimum absolute atomic E-state index is 0.0691. The summed E-state index contributed by atoms with van der Waals surface area (Å²) < 4.78 is 1.94. The molecule has 1 aromatic carbocycles. The molecule has 29 heavy (non-hydrogen) atoms. The highest BCUT2D eigenvalue weighted by molar-refractivity contribution is 9.10. The smallest absolute Gasteiger partial charge is 0.303 e. The number of ketones is 1. The van der Waals surface area contributed by atoms with Gasteiger partial charge in [-0.1, -0.05) is 18.5 Å². The molecule has 0 spiro atoms. The molecule has 1 aliphatic heterocycles. The topological polar surface area (TPSA) is 122 Å². The van der Waals surface area contributed by atoms with E-state index < -0.39 is 12.1 Å². The van der Waals surface area contributed by atoms with E-state index in [-0.39, 0.29) is 36.8 Å². The Morgan fingerprint density at radius 1 is 1.41 bits per heavy atom. The number of hydrogen-bond acceptors (Lipinski definition) is 6. The number of fused-ring (bicyclic) bond motifs is 1. The molecule has 1 fully saturated rings. The molecule has 1 aliphatic rings. The van der Waals surface area contributed by atoms with Crippen molar-refractivity contribution in [2.45, 2.75) is 51.3 Å². The van der Waals surface area contributed by atoms with Crippen LogP contribution in [0.25, 0.3) is 10.9 Å². The lowest BCUT2D eigenvalue weighted by Crippen LogP contribution is -2.46. The van der Waals surface area contributed by atoms with Gasteiger partial charge in [0.1, 0.15) is 0 Å². The number of carbonyl (C=O) groups excluding carboxylic acids is 1. The highest BCUT2D eigenvalue weighted by Crippen LogP contribution is 2.25. The molecule has 0 saturated carbocycles. The number of aromatic nitrogens is 2. The summed E-state index contributed by atoms with van der Waals surface area (Å²) in [6.45, 7) is 2.32. The van der Waals surface area contributed by atoms with Crippen molar-refractivity contribution < 1.29 is 19.8 Å². The molecule has 0 unspecified atom stereocenters. The Hall–Kier alpha value is -1.81. The van der Waals surface area contributed by atoms with Gasteiger partial charge in [0.15, 0.2) is 5.78 Å². The second-order valence-corrected chi connectivity index (χ2v) is 7.98. The fraction of sp³-hybridized carbons (Fsp3) is 0.474. The van der Waals surface area contributed by atoms with Gasteiger partial charge in [-0.3, -0.25) is 19.0 Å². The number of carbonyl (C=O) groups is 2. The van der Waals surface area contributed by atoms with Crippen molar-refractivity contribution in [2.24, 2.45) is 0 Å². The van der Waals surface area contributed by atoms with Gasteiger partial charge >= 0.3 is 5.97 Å². The van der Waals surface area contributed by atoms with Crippen molar-refractivity contribution >= 4 is 50.2 Å². The van der Waals surface area contributed by atoms with Crippen LogP contribution in [0.5, 0.6) is 0 Å². The zero-order valence-electron chi connectivity index (χ0n) is 15.9. The molecule has 0 amide bonds. The summed E-state index contributed by atoms with van der Waals surface area (Å²) in [5.41, 5.74) is 0.212. The molecule has 0 radical (unpaired) electrons. The minimum atomic E-state index is -0.745. The highest BCUT2D eigenvalue weighted by atomic mass is 79.9. The number of carboxylic acid groups (broad SMARTS) is 1. The van der Waals surface area contributed by atoms with Crippen molar-refractivity contribution in [3.8, 4) is 0 Å². The van der Waals surface area contributed by atoms with Crippen LogP contribution in [-0.2, 0) is 16.1 Å². The summed E-state index contributed by atoms with van der Waals surface area (Å²) in [5.74, 6) is -0.870. The van der Waals surface area contributed by atoms with Crippen molar-refractivity contribution in [3.05, 3.63) is 38.3 Å². The Labute approximate surface area is 181 Å². The third-order valence-corrected chi connectivity index (χ3v) is 5.71. The minimum Gasteiger partial charge on any atom is -0.481 e. The van der Waals surface area contributed by atoms with Crippen LogP contribution in [0, 0.1) is 0 Å². The highest BCUT2D eigenvalue weighted by Gasteiger charge is 2.25. The Bertz CT molecular complexity index is 949. The van der Waals surface area contributed by atoms with Crippen LogP contribution in [-0.4, -0.2) is 50.2 Å². The first-order chi connectivity index (χ1) is 13.7. The van der Waals surface area contributed by atoms with Gasteiger partial charge in [0.25, 0.3) is 5.56 Å². The molecule has 1 aromatic heterocycles. The molecule has 8 nitrogen and oxygen atoms in total. The second kappa shape index (κ2) is 10.8. The molecule has 3 rings (SSSR count). The van der Waals surface area contributed by atoms with Crippen molar-refractivity contribution in [1.29, 1.82) is 0 Å². The average Bonchev–Trinajstić information content (AvgIpc) is 2.68. The van der Waals surface area contributed by atoms with Crippen LogP contribution < -0.4 is 10.9 Å². The standard InChI is InChI=1S/C16H17BrClN3O3.C3H6O2/c17-11-6-13-10(5-12(11)18)16(24)21(8-20-13)7-9(22)4-14-15(23)2-1-3-19-14;1-2-3(4)5/h5-6,8,14-15,19,23H,1-4,7H2;2H2,1H3,(H,4,5)/t14-,15+;/m1./s1. The number of aliphatic hydroxyl groups is 1. The normalized spacial score (nSPS) is 18.8. The van der Waals surface area contributed by atoms with Gasteiger partial charge in [0, 0.05) is 23.4 Å². The molecule has 1 saturated heterocycles. The zero-order chi connectivity index (χ0) is 21.6. The third kappa shape index (κ3) is 6.60. The van der Waals surface area contributed by atoms with Crippen LogP contribution in [0.2, 0.25) is 5.02 Å². The number of halogens is 2. The van der Waals surface area contributed by atoms with Gasteiger partial charge in [-0.05, 0) is 47.4 Å². The number of aliphatic hydroxyl groups excluding tert-OH is 1. The Kier molecular flexibility index (Phi) is 8.76. The lowest BCUT2D eigenvalue weighted by Gasteiger charge is -2.28. The van der Waals surface area contributed by atoms with Gasteiger partial charge in [0.2, 0.25) is 0 Å². The number of piperidine rings is 1. The molecule has 0 aliphatic carbocycles. The molecular weight excluding hydrogens is 466 g/mol. The van der Waals surface area contributed by atoms with Crippen LogP contribution in [0.15, 0.2) is 27.7 Å². The third-order valence-electron chi connectivity index (χ3n) is 4.51. The predicted octanol–water partition coefficient (Wildman–Crippen LogP) is 2.37. The summed E-state index contributed by atoms with van der Waals surface area (Å²) in [4.78, 5) is 38.4. The first-order valence-electron chi connectivity index (χ1n) is 9.22. The lowest BCUT2D eigenvalue weighted by molar-refractivity contribution is -0.136. The van der Waals surface area contributed by atoms with E-state index >= 15 is 0 Å². The number of carboxylic acids is 1. The maximum Gasteiger partial charge on any atom is 0.303 e. The quantitative estimate of drug-likeness (QED) is 0.590. The van der Waals surface area contributed by atoms with E-state index in [2.05, 4.69) is 26.2 Å². The fourth-order valence-corrected chi connectivity index (χ4v) is 3.40. The summed E-state index contributed by atoms with van der Waals surface area (Å²) in [7, 11) is 0.